The second-order valence-corrected chi connectivity index (χ2v) is 6.22. The van der Waals surface area contributed by atoms with E-state index in [9.17, 15) is 19.7 Å². The highest BCUT2D eigenvalue weighted by molar-refractivity contribution is 6.34. The summed E-state index contributed by atoms with van der Waals surface area (Å²) in [6.07, 6.45) is 0. The van der Waals surface area contributed by atoms with Crippen LogP contribution in [-0.2, 0) is 7.05 Å². The third kappa shape index (κ3) is 3.34. The molecule has 0 aliphatic heterocycles. The van der Waals surface area contributed by atoms with Crippen LogP contribution >= 0.6 is 11.6 Å². The molecule has 0 saturated heterocycles. The first-order chi connectivity index (χ1) is 12.8. The standard InChI is InChI=1S/C18H15ClN4O4/c1-11-16(18(25)22(21(11)2)12-6-4-3-5-7-12)20-17(24)14-10-13(23(26)27)8-9-15(14)19/h3-10H,1-2H3,(H,20,24). The molecule has 1 N–H and O–H groups in total. The summed E-state index contributed by atoms with van der Waals surface area (Å²) in [6, 6.07) is 12.5. The summed E-state index contributed by atoms with van der Waals surface area (Å²) in [5, 5.41) is 13.5. The van der Waals surface area contributed by atoms with Crippen LogP contribution in [0.25, 0.3) is 5.69 Å². The molecule has 0 aliphatic rings. The van der Waals surface area contributed by atoms with Gasteiger partial charge >= 0.3 is 0 Å². The number of nitro benzene ring substituents is 1. The molecular weight excluding hydrogens is 372 g/mol. The average Bonchev–Trinajstić information content (AvgIpc) is 2.86. The van der Waals surface area contributed by atoms with Crippen LogP contribution < -0.4 is 10.9 Å². The molecule has 0 fully saturated rings. The number of para-hydroxylation sites is 1. The normalized spacial score (nSPS) is 10.6. The molecule has 0 saturated carbocycles. The number of rotatable bonds is 4. The molecule has 138 valence electrons. The highest BCUT2D eigenvalue weighted by Gasteiger charge is 2.21. The molecule has 1 aromatic heterocycles. The van der Waals surface area contributed by atoms with Crippen LogP contribution in [0.15, 0.2) is 53.3 Å². The quantitative estimate of drug-likeness (QED) is 0.549. The van der Waals surface area contributed by atoms with Gasteiger partial charge in [-0.3, -0.25) is 24.4 Å². The Kier molecular flexibility index (Phi) is 4.83. The van der Waals surface area contributed by atoms with Crippen LogP contribution in [0.4, 0.5) is 11.4 Å². The smallest absolute Gasteiger partial charge is 0.295 e. The lowest BCUT2D eigenvalue weighted by molar-refractivity contribution is -0.384. The molecule has 1 heterocycles. The minimum Gasteiger partial charge on any atom is -0.316 e. The molecule has 3 rings (SSSR count). The first-order valence-electron chi connectivity index (χ1n) is 7.90. The molecule has 0 radical (unpaired) electrons. The van der Waals surface area contributed by atoms with Gasteiger partial charge in [-0.15, -0.1) is 0 Å². The number of nitrogens with one attached hydrogen (secondary N) is 1. The van der Waals surface area contributed by atoms with Crippen molar-refractivity contribution in [2.45, 2.75) is 6.92 Å². The minimum absolute atomic E-state index is 0.0510. The zero-order chi connectivity index (χ0) is 19.7. The monoisotopic (exact) mass is 386 g/mol. The lowest BCUT2D eigenvalue weighted by Gasteiger charge is -2.07. The van der Waals surface area contributed by atoms with Gasteiger partial charge in [-0.25, -0.2) is 4.68 Å². The SMILES string of the molecule is Cc1c(NC(=O)c2cc([N+](=O)[O-])ccc2Cl)c(=O)n(-c2ccccc2)n1C. The second-order valence-electron chi connectivity index (χ2n) is 5.81. The van der Waals surface area contributed by atoms with Crippen LogP contribution in [0.1, 0.15) is 16.1 Å². The number of hydrogen-bond donors (Lipinski definition) is 1. The van der Waals surface area contributed by atoms with Gasteiger partial charge in [0.15, 0.2) is 0 Å². The number of anilines is 1. The van der Waals surface area contributed by atoms with Crippen LogP contribution in [0, 0.1) is 17.0 Å². The molecule has 0 aliphatic carbocycles. The van der Waals surface area contributed by atoms with Crippen molar-refractivity contribution in [1.29, 1.82) is 0 Å². The van der Waals surface area contributed by atoms with Crippen LogP contribution in [0.5, 0.6) is 0 Å². The van der Waals surface area contributed by atoms with Crippen molar-refractivity contribution >= 4 is 28.9 Å². The maximum absolute atomic E-state index is 12.8. The summed E-state index contributed by atoms with van der Waals surface area (Å²) >= 11 is 6.00. The topological polar surface area (TPSA) is 99.2 Å². The molecule has 0 unspecified atom stereocenters. The van der Waals surface area contributed by atoms with Gasteiger partial charge in [0.25, 0.3) is 17.2 Å². The number of aromatic nitrogens is 2. The minimum atomic E-state index is -0.699. The molecule has 0 spiro atoms. The van der Waals surface area contributed by atoms with Crippen molar-refractivity contribution in [1.82, 2.24) is 9.36 Å². The Labute approximate surface area is 158 Å². The van der Waals surface area contributed by atoms with Gasteiger partial charge in [-0.2, -0.15) is 0 Å². The van der Waals surface area contributed by atoms with Crippen LogP contribution in [0.3, 0.4) is 0 Å². The fraction of sp³-hybridized carbons (Fsp3) is 0.111. The number of benzene rings is 2. The summed E-state index contributed by atoms with van der Waals surface area (Å²) in [6.45, 7) is 1.69. The average molecular weight is 387 g/mol. The van der Waals surface area contributed by atoms with Gasteiger partial charge in [-0.1, -0.05) is 29.8 Å². The zero-order valence-corrected chi connectivity index (χ0v) is 15.2. The predicted molar refractivity (Wildman–Crippen MR) is 102 cm³/mol. The number of carbonyl (C=O) groups excluding carboxylic acids is 1. The van der Waals surface area contributed by atoms with E-state index < -0.39 is 16.4 Å². The Hall–Kier alpha value is -3.39. The van der Waals surface area contributed by atoms with E-state index in [1.165, 1.54) is 16.8 Å². The fourth-order valence-corrected chi connectivity index (χ4v) is 2.90. The maximum atomic E-state index is 12.8. The third-order valence-corrected chi connectivity index (χ3v) is 4.53. The van der Waals surface area contributed by atoms with Crippen LogP contribution in [-0.4, -0.2) is 20.2 Å². The predicted octanol–water partition coefficient (Wildman–Crippen LogP) is 3.30. The van der Waals surface area contributed by atoms with Crippen molar-refractivity contribution < 1.29 is 9.72 Å². The van der Waals surface area contributed by atoms with E-state index in [1.807, 2.05) is 6.07 Å². The third-order valence-electron chi connectivity index (χ3n) is 4.20. The number of amides is 1. The summed E-state index contributed by atoms with van der Waals surface area (Å²) in [5.41, 5.74) is 0.474. The van der Waals surface area contributed by atoms with Gasteiger partial charge in [0.1, 0.15) is 5.69 Å². The number of halogens is 1. The highest BCUT2D eigenvalue weighted by atomic mass is 35.5. The molecule has 0 atom stereocenters. The number of non-ortho nitro benzene ring substituents is 1. The molecule has 9 heteroatoms. The molecule has 8 nitrogen and oxygen atoms in total. The molecule has 1 amide bonds. The van der Waals surface area contributed by atoms with E-state index in [4.69, 9.17) is 11.6 Å². The maximum Gasteiger partial charge on any atom is 0.295 e. The summed E-state index contributed by atoms with van der Waals surface area (Å²) in [4.78, 5) is 35.7. The highest BCUT2D eigenvalue weighted by Crippen LogP contribution is 2.23. The van der Waals surface area contributed by atoms with E-state index in [-0.39, 0.29) is 22.0 Å². The molecule has 3 aromatic rings. The largest absolute Gasteiger partial charge is 0.316 e. The summed E-state index contributed by atoms with van der Waals surface area (Å²) in [5.74, 6) is -0.699. The Morgan fingerprint density at radius 3 is 2.48 bits per heavy atom. The second kappa shape index (κ2) is 7.08. The number of hydrogen-bond acceptors (Lipinski definition) is 4. The van der Waals surface area contributed by atoms with Crippen molar-refractivity contribution in [2.24, 2.45) is 7.05 Å². The van der Waals surface area contributed by atoms with Crippen molar-refractivity contribution in [3.63, 3.8) is 0 Å². The first-order valence-corrected chi connectivity index (χ1v) is 8.28. The van der Waals surface area contributed by atoms with Gasteiger partial charge in [-0.05, 0) is 25.1 Å². The molecule has 2 aromatic carbocycles. The lowest BCUT2D eigenvalue weighted by atomic mass is 10.2. The molecule has 0 bridgehead atoms. The van der Waals surface area contributed by atoms with Crippen molar-refractivity contribution in [3.05, 3.63) is 85.3 Å². The van der Waals surface area contributed by atoms with Crippen molar-refractivity contribution in [2.75, 3.05) is 5.32 Å². The van der Waals surface area contributed by atoms with E-state index in [1.54, 1.807) is 42.9 Å². The fourth-order valence-electron chi connectivity index (χ4n) is 2.69. The zero-order valence-electron chi connectivity index (χ0n) is 14.5. The first kappa shape index (κ1) is 18.4. The molecule has 27 heavy (non-hydrogen) atoms. The van der Waals surface area contributed by atoms with Gasteiger partial charge in [0.05, 0.1) is 26.9 Å². The van der Waals surface area contributed by atoms with E-state index in [0.717, 1.165) is 6.07 Å². The Morgan fingerprint density at radius 1 is 1.19 bits per heavy atom. The Bertz CT molecular complexity index is 1100. The van der Waals surface area contributed by atoms with E-state index in [2.05, 4.69) is 5.32 Å². The summed E-state index contributed by atoms with van der Waals surface area (Å²) in [7, 11) is 1.69. The van der Waals surface area contributed by atoms with Gasteiger partial charge < -0.3 is 5.32 Å². The van der Waals surface area contributed by atoms with Gasteiger partial charge in [0, 0.05) is 19.2 Å². The Morgan fingerprint density at radius 2 is 1.85 bits per heavy atom. The number of carbonyl (C=O) groups is 1. The van der Waals surface area contributed by atoms with E-state index in [0.29, 0.717) is 11.4 Å². The number of nitro groups is 1. The van der Waals surface area contributed by atoms with E-state index >= 15 is 0 Å². The summed E-state index contributed by atoms with van der Waals surface area (Å²) < 4.78 is 3.03. The molecular formula is C18H15ClN4O4. The van der Waals surface area contributed by atoms with Gasteiger partial charge in [0.2, 0.25) is 0 Å². The lowest BCUT2D eigenvalue weighted by Crippen LogP contribution is -2.23. The number of nitrogens with zero attached hydrogens (tertiary/aromatic N) is 3. The van der Waals surface area contributed by atoms with Crippen LogP contribution in [0.2, 0.25) is 5.02 Å². The van der Waals surface area contributed by atoms with Crippen molar-refractivity contribution in [3.8, 4) is 5.69 Å². The Balaban J connectivity index is 2.02.